The number of nitrogens with one attached hydrogen (secondary N) is 3. The average Bonchev–Trinajstić information content (AvgIpc) is 3.09. The lowest BCUT2D eigenvalue weighted by atomic mass is 10.1. The van der Waals surface area contributed by atoms with Gasteiger partial charge in [0.25, 0.3) is 0 Å². The first-order valence-corrected chi connectivity index (χ1v) is 8.78. The third-order valence-corrected chi connectivity index (χ3v) is 4.67. The predicted molar refractivity (Wildman–Crippen MR) is 110 cm³/mol. The fourth-order valence-corrected chi connectivity index (χ4v) is 3.04. The summed E-state index contributed by atoms with van der Waals surface area (Å²) in [5, 5.41) is 6.80. The van der Waals surface area contributed by atoms with Crippen LogP contribution in [0.25, 0.3) is 22.2 Å². The summed E-state index contributed by atoms with van der Waals surface area (Å²) in [6, 6.07) is 17.3. The number of pyridine rings is 1. The van der Waals surface area contributed by atoms with E-state index in [9.17, 15) is 4.79 Å². The maximum absolute atomic E-state index is 12.2. The van der Waals surface area contributed by atoms with Crippen LogP contribution in [0, 0.1) is 13.8 Å². The molecular weight excluding hydrogens is 336 g/mol. The lowest BCUT2D eigenvalue weighted by molar-refractivity contribution is 0.262. The lowest BCUT2D eigenvalue weighted by Crippen LogP contribution is -2.19. The quantitative estimate of drug-likeness (QED) is 0.454. The Bertz CT molecular complexity index is 1110. The van der Waals surface area contributed by atoms with Gasteiger partial charge in [-0.05, 0) is 66.9 Å². The van der Waals surface area contributed by atoms with E-state index in [0.29, 0.717) is 0 Å². The van der Waals surface area contributed by atoms with Gasteiger partial charge in [-0.1, -0.05) is 18.2 Å². The molecule has 2 aromatic carbocycles. The molecule has 4 rings (SSSR count). The van der Waals surface area contributed by atoms with Gasteiger partial charge in [-0.3, -0.25) is 0 Å². The second-order valence-electron chi connectivity index (χ2n) is 6.56. The minimum atomic E-state index is -0.262. The fraction of sp³-hybridized carbons (Fsp3) is 0.0909. The van der Waals surface area contributed by atoms with Crippen molar-refractivity contribution in [3.05, 3.63) is 78.1 Å². The van der Waals surface area contributed by atoms with Gasteiger partial charge >= 0.3 is 6.03 Å². The highest BCUT2D eigenvalue weighted by molar-refractivity contribution is 6.00. The Morgan fingerprint density at radius 1 is 0.926 bits per heavy atom. The molecule has 0 aliphatic carbocycles. The van der Waals surface area contributed by atoms with Crippen molar-refractivity contribution in [2.24, 2.45) is 0 Å². The molecule has 0 aliphatic heterocycles. The largest absolute Gasteiger partial charge is 0.346 e. The molecule has 2 amide bonds. The summed E-state index contributed by atoms with van der Waals surface area (Å²) in [5.41, 5.74) is 6.87. The van der Waals surface area contributed by atoms with E-state index < -0.39 is 0 Å². The van der Waals surface area contributed by atoms with Crippen LogP contribution in [0.2, 0.25) is 0 Å². The molecule has 0 unspecified atom stereocenters. The molecule has 5 heteroatoms. The molecule has 4 aromatic rings. The third-order valence-electron chi connectivity index (χ3n) is 4.67. The molecule has 0 saturated carbocycles. The number of amides is 2. The number of aryl methyl sites for hydroxylation is 2. The number of nitrogens with zero attached hydrogens (tertiary/aromatic N) is 1. The van der Waals surface area contributed by atoms with Crippen molar-refractivity contribution < 1.29 is 4.79 Å². The van der Waals surface area contributed by atoms with Crippen LogP contribution in [0.3, 0.4) is 0 Å². The molecule has 5 nitrogen and oxygen atoms in total. The van der Waals surface area contributed by atoms with Crippen LogP contribution in [-0.4, -0.2) is 16.0 Å². The maximum Gasteiger partial charge on any atom is 0.323 e. The highest BCUT2D eigenvalue weighted by atomic mass is 16.2. The zero-order valence-corrected chi connectivity index (χ0v) is 15.2. The molecule has 2 heterocycles. The molecule has 0 radical (unpaired) electrons. The first-order chi connectivity index (χ1) is 13.1. The number of urea groups is 1. The Morgan fingerprint density at radius 2 is 1.67 bits per heavy atom. The average molecular weight is 356 g/mol. The van der Waals surface area contributed by atoms with Crippen LogP contribution in [-0.2, 0) is 0 Å². The summed E-state index contributed by atoms with van der Waals surface area (Å²) >= 11 is 0. The van der Waals surface area contributed by atoms with Crippen LogP contribution in [0.4, 0.5) is 16.2 Å². The minimum absolute atomic E-state index is 0.262. The number of aromatic nitrogens is 2. The predicted octanol–water partition coefficient (Wildman–Crippen LogP) is 5.49. The first kappa shape index (κ1) is 16.8. The van der Waals surface area contributed by atoms with Gasteiger partial charge in [-0.2, -0.15) is 0 Å². The standard InChI is InChI=1S/C22H20N4O/c1-14-5-8-18(12-15(14)2)26-22(27)25-17-9-6-16(7-10-17)20-13-24-21-19(20)4-3-11-23-21/h3-13H,1-2H3,(H,23,24)(H2,25,26,27). The molecule has 134 valence electrons. The molecule has 0 atom stereocenters. The SMILES string of the molecule is Cc1ccc(NC(=O)Nc2ccc(-c3c[nH]c4ncccc34)cc2)cc1C. The number of benzene rings is 2. The summed E-state index contributed by atoms with van der Waals surface area (Å²) in [5.74, 6) is 0. The van der Waals surface area contributed by atoms with Crippen molar-refractivity contribution in [1.29, 1.82) is 0 Å². The maximum atomic E-state index is 12.2. The Kier molecular flexibility index (Phi) is 4.34. The lowest BCUT2D eigenvalue weighted by Gasteiger charge is -2.10. The van der Waals surface area contributed by atoms with Gasteiger partial charge < -0.3 is 15.6 Å². The third kappa shape index (κ3) is 3.53. The van der Waals surface area contributed by atoms with E-state index in [1.165, 1.54) is 5.56 Å². The zero-order valence-electron chi connectivity index (χ0n) is 15.2. The normalized spacial score (nSPS) is 10.7. The first-order valence-electron chi connectivity index (χ1n) is 8.78. The van der Waals surface area contributed by atoms with E-state index >= 15 is 0 Å². The molecule has 3 N–H and O–H groups in total. The molecular formula is C22H20N4O. The summed E-state index contributed by atoms with van der Waals surface area (Å²) < 4.78 is 0. The van der Waals surface area contributed by atoms with Crippen molar-refractivity contribution in [3.8, 4) is 11.1 Å². The summed E-state index contributed by atoms with van der Waals surface area (Å²) in [6.07, 6.45) is 3.72. The van der Waals surface area contributed by atoms with Crippen molar-refractivity contribution in [2.75, 3.05) is 10.6 Å². The summed E-state index contributed by atoms with van der Waals surface area (Å²) in [7, 11) is 0. The van der Waals surface area contributed by atoms with Gasteiger partial charge in [0.05, 0.1) is 0 Å². The van der Waals surface area contributed by atoms with Crippen LogP contribution >= 0.6 is 0 Å². The molecule has 0 bridgehead atoms. The number of fused-ring (bicyclic) bond motifs is 1. The Morgan fingerprint density at radius 3 is 2.44 bits per heavy atom. The number of hydrogen-bond donors (Lipinski definition) is 3. The van der Waals surface area contributed by atoms with E-state index in [2.05, 4.69) is 20.6 Å². The van der Waals surface area contributed by atoms with Crippen LogP contribution in [0.1, 0.15) is 11.1 Å². The number of H-pyrrole nitrogens is 1. The van der Waals surface area contributed by atoms with Gasteiger partial charge in [0.1, 0.15) is 5.65 Å². The second-order valence-corrected chi connectivity index (χ2v) is 6.56. The van der Waals surface area contributed by atoms with E-state index in [1.54, 1.807) is 6.20 Å². The molecule has 0 aliphatic rings. The van der Waals surface area contributed by atoms with Crippen LogP contribution in [0.5, 0.6) is 0 Å². The van der Waals surface area contributed by atoms with Crippen LogP contribution in [0.15, 0.2) is 67.0 Å². The second kappa shape index (κ2) is 6.96. The van der Waals surface area contributed by atoms with Crippen molar-refractivity contribution in [1.82, 2.24) is 9.97 Å². The number of rotatable bonds is 3. The number of aromatic amines is 1. The number of hydrogen-bond acceptors (Lipinski definition) is 2. The van der Waals surface area contributed by atoms with Crippen molar-refractivity contribution >= 4 is 28.4 Å². The summed E-state index contributed by atoms with van der Waals surface area (Å²) in [4.78, 5) is 19.7. The van der Waals surface area contributed by atoms with Gasteiger partial charge in [-0.25, -0.2) is 9.78 Å². The minimum Gasteiger partial charge on any atom is -0.346 e. The van der Waals surface area contributed by atoms with E-state index in [-0.39, 0.29) is 6.03 Å². The number of anilines is 2. The highest BCUT2D eigenvalue weighted by Gasteiger charge is 2.08. The summed E-state index contributed by atoms with van der Waals surface area (Å²) in [6.45, 7) is 4.07. The zero-order chi connectivity index (χ0) is 18.8. The molecule has 2 aromatic heterocycles. The topological polar surface area (TPSA) is 69.8 Å². The molecule has 0 saturated heterocycles. The van der Waals surface area contributed by atoms with E-state index in [0.717, 1.165) is 39.1 Å². The Hall–Kier alpha value is -3.60. The van der Waals surface area contributed by atoms with Gasteiger partial charge in [-0.15, -0.1) is 0 Å². The monoisotopic (exact) mass is 356 g/mol. The van der Waals surface area contributed by atoms with E-state index in [1.807, 2.05) is 74.6 Å². The van der Waals surface area contributed by atoms with Gasteiger partial charge in [0.15, 0.2) is 0 Å². The van der Waals surface area contributed by atoms with E-state index in [4.69, 9.17) is 0 Å². The smallest absolute Gasteiger partial charge is 0.323 e. The van der Waals surface area contributed by atoms with Gasteiger partial charge in [0.2, 0.25) is 0 Å². The molecule has 0 spiro atoms. The molecule has 0 fully saturated rings. The Balaban J connectivity index is 1.47. The number of carbonyl (C=O) groups is 1. The van der Waals surface area contributed by atoms with Crippen molar-refractivity contribution in [3.63, 3.8) is 0 Å². The highest BCUT2D eigenvalue weighted by Crippen LogP contribution is 2.28. The Labute approximate surface area is 157 Å². The van der Waals surface area contributed by atoms with Crippen molar-refractivity contribution in [2.45, 2.75) is 13.8 Å². The number of carbonyl (C=O) groups excluding carboxylic acids is 1. The van der Waals surface area contributed by atoms with Gasteiger partial charge in [0, 0.05) is 34.7 Å². The fourth-order valence-electron chi connectivity index (χ4n) is 3.04. The van der Waals surface area contributed by atoms with Crippen LogP contribution < -0.4 is 10.6 Å². The molecule has 27 heavy (non-hydrogen) atoms.